The summed E-state index contributed by atoms with van der Waals surface area (Å²) in [5.41, 5.74) is 0. The summed E-state index contributed by atoms with van der Waals surface area (Å²) >= 11 is 5.36. The Bertz CT molecular complexity index is 277. The Morgan fingerprint density at radius 1 is 1.60 bits per heavy atom. The molecule has 0 saturated heterocycles. The molecule has 1 aromatic heterocycles. The highest BCUT2D eigenvalue weighted by molar-refractivity contribution is 9.10. The molecule has 15 heavy (non-hydrogen) atoms. The largest absolute Gasteiger partial charge is 0.382 e. The molecule has 86 valence electrons. The molecule has 0 aliphatic carbocycles. The first-order valence-corrected chi connectivity index (χ1v) is 6.92. The third-order valence-corrected chi connectivity index (χ3v) is 4.29. The van der Waals surface area contributed by atoms with Crippen molar-refractivity contribution in [2.45, 2.75) is 25.8 Å². The van der Waals surface area contributed by atoms with Crippen LogP contribution in [0.4, 0.5) is 0 Å². The summed E-state index contributed by atoms with van der Waals surface area (Å²) in [7, 11) is 2.01. The second-order valence-electron chi connectivity index (χ2n) is 3.37. The van der Waals surface area contributed by atoms with Crippen molar-refractivity contribution < 1.29 is 4.74 Å². The van der Waals surface area contributed by atoms with Crippen LogP contribution in [0, 0.1) is 0 Å². The van der Waals surface area contributed by atoms with Crippen LogP contribution in [0.2, 0.25) is 0 Å². The Morgan fingerprint density at radius 3 is 2.93 bits per heavy atom. The van der Waals surface area contributed by atoms with Gasteiger partial charge in [-0.2, -0.15) is 0 Å². The van der Waals surface area contributed by atoms with Gasteiger partial charge in [0.1, 0.15) is 0 Å². The number of likely N-dealkylation sites (N-methyl/N-ethyl adjacent to an activating group) is 1. The molecule has 2 nitrogen and oxygen atoms in total. The summed E-state index contributed by atoms with van der Waals surface area (Å²) in [6.07, 6.45) is 2.14. The van der Waals surface area contributed by atoms with Crippen molar-refractivity contribution in [3.8, 4) is 0 Å². The smallest absolute Gasteiger partial charge is 0.0480 e. The average molecular weight is 292 g/mol. The Hall–Kier alpha value is 0.1000. The first-order chi connectivity index (χ1) is 7.27. The lowest BCUT2D eigenvalue weighted by Crippen LogP contribution is -2.28. The van der Waals surface area contributed by atoms with Crippen molar-refractivity contribution in [2.75, 3.05) is 20.3 Å². The quantitative estimate of drug-likeness (QED) is 0.780. The molecule has 1 rings (SSSR count). The molecule has 0 saturated carbocycles. The van der Waals surface area contributed by atoms with Gasteiger partial charge >= 0.3 is 0 Å². The van der Waals surface area contributed by atoms with Crippen molar-refractivity contribution in [1.82, 2.24) is 5.32 Å². The highest BCUT2D eigenvalue weighted by atomic mass is 79.9. The van der Waals surface area contributed by atoms with E-state index in [1.807, 2.05) is 14.0 Å². The molecule has 0 aromatic carbocycles. The predicted molar refractivity (Wildman–Crippen MR) is 69.7 cm³/mol. The Balaban J connectivity index is 2.36. The number of hydrogen-bond donors (Lipinski definition) is 1. The average Bonchev–Trinajstić information content (AvgIpc) is 2.63. The topological polar surface area (TPSA) is 21.3 Å². The van der Waals surface area contributed by atoms with Crippen LogP contribution in [0.1, 0.15) is 18.2 Å². The number of nitrogens with one attached hydrogen (secondary N) is 1. The fourth-order valence-corrected chi connectivity index (χ4v) is 3.01. The maximum absolute atomic E-state index is 5.37. The highest BCUT2D eigenvalue weighted by Gasteiger charge is 2.10. The van der Waals surface area contributed by atoms with Crippen molar-refractivity contribution in [3.05, 3.63) is 20.8 Å². The van der Waals surface area contributed by atoms with Gasteiger partial charge in [0.25, 0.3) is 0 Å². The monoisotopic (exact) mass is 291 g/mol. The number of halogens is 1. The van der Waals surface area contributed by atoms with E-state index >= 15 is 0 Å². The molecule has 0 amide bonds. The molecule has 1 atom stereocenters. The fourth-order valence-electron chi connectivity index (χ4n) is 1.41. The SMILES string of the molecule is CCOCCC(Cc1sccc1Br)NC. The summed E-state index contributed by atoms with van der Waals surface area (Å²) in [6, 6.07) is 2.61. The summed E-state index contributed by atoms with van der Waals surface area (Å²) in [4.78, 5) is 1.41. The predicted octanol–water partition coefficient (Wildman–Crippen LogP) is 3.07. The Labute approximate surface area is 104 Å². The number of hydrogen-bond acceptors (Lipinski definition) is 3. The minimum absolute atomic E-state index is 0.506. The lowest BCUT2D eigenvalue weighted by atomic mass is 10.1. The maximum atomic E-state index is 5.37. The molecule has 1 unspecified atom stereocenters. The van der Waals surface area contributed by atoms with Gasteiger partial charge in [0.2, 0.25) is 0 Å². The normalized spacial score (nSPS) is 13.0. The molecule has 0 bridgehead atoms. The lowest BCUT2D eigenvalue weighted by Gasteiger charge is -2.15. The van der Waals surface area contributed by atoms with E-state index in [9.17, 15) is 0 Å². The number of thiophene rings is 1. The second-order valence-corrected chi connectivity index (χ2v) is 5.22. The van der Waals surface area contributed by atoms with Crippen LogP contribution in [0.25, 0.3) is 0 Å². The molecular formula is C11H18BrNOS. The van der Waals surface area contributed by atoms with Crippen LogP contribution in [0.5, 0.6) is 0 Å². The molecule has 1 N–H and O–H groups in total. The van der Waals surface area contributed by atoms with Gasteiger partial charge < -0.3 is 10.1 Å². The molecule has 0 fully saturated rings. The highest BCUT2D eigenvalue weighted by Crippen LogP contribution is 2.24. The van der Waals surface area contributed by atoms with Gasteiger partial charge in [0.15, 0.2) is 0 Å². The van der Waals surface area contributed by atoms with Crippen molar-refractivity contribution in [1.29, 1.82) is 0 Å². The van der Waals surface area contributed by atoms with Gasteiger partial charge in [-0.25, -0.2) is 0 Å². The zero-order valence-electron chi connectivity index (χ0n) is 9.25. The van der Waals surface area contributed by atoms with E-state index < -0.39 is 0 Å². The zero-order chi connectivity index (χ0) is 11.1. The molecule has 0 radical (unpaired) electrons. The summed E-state index contributed by atoms with van der Waals surface area (Å²) in [6.45, 7) is 3.67. The third-order valence-electron chi connectivity index (χ3n) is 2.35. The molecule has 1 aromatic rings. The van der Waals surface area contributed by atoms with Gasteiger partial charge in [-0.15, -0.1) is 11.3 Å². The Kier molecular flexibility index (Phi) is 6.48. The van der Waals surface area contributed by atoms with E-state index in [-0.39, 0.29) is 0 Å². The van der Waals surface area contributed by atoms with Gasteiger partial charge in [-0.05, 0) is 54.2 Å². The van der Waals surface area contributed by atoms with E-state index in [4.69, 9.17) is 4.74 Å². The van der Waals surface area contributed by atoms with Gasteiger partial charge in [0.05, 0.1) is 0 Å². The minimum atomic E-state index is 0.506. The van der Waals surface area contributed by atoms with Crippen molar-refractivity contribution >= 4 is 27.3 Å². The minimum Gasteiger partial charge on any atom is -0.382 e. The molecule has 4 heteroatoms. The molecule has 1 heterocycles. The first kappa shape index (κ1) is 13.2. The second kappa shape index (κ2) is 7.39. The van der Waals surface area contributed by atoms with E-state index in [0.717, 1.165) is 26.1 Å². The number of rotatable bonds is 7. The van der Waals surface area contributed by atoms with Crippen LogP contribution in [-0.2, 0) is 11.2 Å². The zero-order valence-corrected chi connectivity index (χ0v) is 11.7. The first-order valence-electron chi connectivity index (χ1n) is 5.24. The molecule has 0 aliphatic heterocycles. The maximum Gasteiger partial charge on any atom is 0.0480 e. The van der Waals surface area contributed by atoms with Crippen LogP contribution in [-0.4, -0.2) is 26.3 Å². The number of ether oxygens (including phenoxy) is 1. The van der Waals surface area contributed by atoms with Crippen LogP contribution < -0.4 is 5.32 Å². The van der Waals surface area contributed by atoms with E-state index in [1.165, 1.54) is 9.35 Å². The van der Waals surface area contributed by atoms with E-state index in [2.05, 4.69) is 32.7 Å². The standard InChI is InChI=1S/C11H18BrNOS/c1-3-14-6-4-9(13-2)8-11-10(12)5-7-15-11/h5,7,9,13H,3-4,6,8H2,1-2H3. The fraction of sp³-hybridized carbons (Fsp3) is 0.636. The summed E-state index contributed by atoms with van der Waals surface area (Å²) in [5, 5.41) is 5.45. The molecular weight excluding hydrogens is 274 g/mol. The summed E-state index contributed by atoms with van der Waals surface area (Å²) < 4.78 is 6.59. The molecule has 0 spiro atoms. The third kappa shape index (κ3) is 4.64. The van der Waals surface area contributed by atoms with Crippen LogP contribution in [0.15, 0.2) is 15.9 Å². The van der Waals surface area contributed by atoms with Crippen LogP contribution >= 0.6 is 27.3 Å². The summed E-state index contributed by atoms with van der Waals surface area (Å²) in [5.74, 6) is 0. The lowest BCUT2D eigenvalue weighted by molar-refractivity contribution is 0.137. The molecule has 0 aliphatic rings. The van der Waals surface area contributed by atoms with Crippen LogP contribution in [0.3, 0.4) is 0 Å². The van der Waals surface area contributed by atoms with Gasteiger partial charge in [0, 0.05) is 28.6 Å². The van der Waals surface area contributed by atoms with Crippen molar-refractivity contribution in [2.24, 2.45) is 0 Å². The van der Waals surface area contributed by atoms with E-state index in [1.54, 1.807) is 11.3 Å². The van der Waals surface area contributed by atoms with Crippen molar-refractivity contribution in [3.63, 3.8) is 0 Å². The van der Waals surface area contributed by atoms with Gasteiger partial charge in [-0.3, -0.25) is 0 Å². The van der Waals surface area contributed by atoms with E-state index in [0.29, 0.717) is 6.04 Å². The van der Waals surface area contributed by atoms with Gasteiger partial charge in [-0.1, -0.05) is 0 Å². The Morgan fingerprint density at radius 2 is 2.40 bits per heavy atom.